The standard InChI is InChI=1S/C19H14BrNO3S2/c1-24-18-10-8-15(20)13-19(18)26(22,23)21-16-5-2-4-14(12-16)7-9-17-6-3-11-25-17/h2-6,8,10-13,21H,1H3. The molecular weight excluding hydrogens is 434 g/mol. The first-order valence-electron chi connectivity index (χ1n) is 7.50. The summed E-state index contributed by atoms with van der Waals surface area (Å²) in [7, 11) is -2.37. The van der Waals surface area contributed by atoms with Gasteiger partial charge in [-0.05, 0) is 47.8 Å². The van der Waals surface area contributed by atoms with Gasteiger partial charge in [0, 0.05) is 10.0 Å². The molecule has 1 aromatic heterocycles. The molecule has 4 nitrogen and oxygen atoms in total. The summed E-state index contributed by atoms with van der Waals surface area (Å²) in [5.41, 5.74) is 1.16. The molecule has 0 aliphatic heterocycles. The highest BCUT2D eigenvalue weighted by Crippen LogP contribution is 2.29. The topological polar surface area (TPSA) is 55.4 Å². The van der Waals surface area contributed by atoms with Gasteiger partial charge < -0.3 is 4.74 Å². The van der Waals surface area contributed by atoms with Crippen LogP contribution in [-0.2, 0) is 10.0 Å². The van der Waals surface area contributed by atoms with Crippen molar-refractivity contribution in [2.24, 2.45) is 0 Å². The van der Waals surface area contributed by atoms with Crippen LogP contribution in [0.1, 0.15) is 10.4 Å². The van der Waals surface area contributed by atoms with E-state index >= 15 is 0 Å². The van der Waals surface area contributed by atoms with Crippen molar-refractivity contribution in [1.29, 1.82) is 0 Å². The average molecular weight is 448 g/mol. The Labute approximate surface area is 165 Å². The molecule has 0 saturated carbocycles. The minimum absolute atomic E-state index is 0.0597. The number of halogens is 1. The zero-order chi connectivity index (χ0) is 18.6. The van der Waals surface area contributed by atoms with Crippen LogP contribution in [0.2, 0.25) is 0 Å². The van der Waals surface area contributed by atoms with E-state index in [0.29, 0.717) is 10.2 Å². The number of benzene rings is 2. The maximum absolute atomic E-state index is 12.7. The molecule has 0 aliphatic rings. The quantitative estimate of drug-likeness (QED) is 0.588. The summed E-state index contributed by atoms with van der Waals surface area (Å²) in [4.78, 5) is 1.01. The predicted octanol–water partition coefficient (Wildman–Crippen LogP) is 4.72. The normalized spacial score (nSPS) is 10.7. The van der Waals surface area contributed by atoms with Crippen LogP contribution in [-0.4, -0.2) is 15.5 Å². The van der Waals surface area contributed by atoms with Gasteiger partial charge in [-0.2, -0.15) is 0 Å². The Kier molecular flexibility index (Phi) is 5.67. The number of anilines is 1. The van der Waals surface area contributed by atoms with Gasteiger partial charge in [0.15, 0.2) is 0 Å². The van der Waals surface area contributed by atoms with Gasteiger partial charge in [-0.3, -0.25) is 4.72 Å². The highest BCUT2D eigenvalue weighted by Gasteiger charge is 2.20. The Hall–Kier alpha value is -2.27. The number of sulfonamides is 1. The van der Waals surface area contributed by atoms with Crippen LogP contribution in [0.4, 0.5) is 5.69 Å². The molecule has 26 heavy (non-hydrogen) atoms. The Bertz CT molecular complexity index is 1080. The van der Waals surface area contributed by atoms with Crippen molar-refractivity contribution in [1.82, 2.24) is 0 Å². The Morgan fingerprint density at radius 1 is 1.08 bits per heavy atom. The van der Waals surface area contributed by atoms with E-state index < -0.39 is 10.0 Å². The fourth-order valence-electron chi connectivity index (χ4n) is 2.21. The molecule has 0 unspecified atom stereocenters. The zero-order valence-corrected chi connectivity index (χ0v) is 16.9. The maximum Gasteiger partial charge on any atom is 0.265 e. The highest BCUT2D eigenvalue weighted by atomic mass is 79.9. The second-order valence-corrected chi connectivity index (χ2v) is 8.72. The molecule has 7 heteroatoms. The van der Waals surface area contributed by atoms with Crippen molar-refractivity contribution in [3.05, 3.63) is 74.9 Å². The second-order valence-electron chi connectivity index (χ2n) is 5.21. The van der Waals surface area contributed by atoms with E-state index in [1.165, 1.54) is 13.2 Å². The molecular formula is C19H14BrNO3S2. The summed E-state index contributed by atoms with van der Waals surface area (Å²) < 4.78 is 33.9. The number of thiophene rings is 1. The molecule has 0 bridgehead atoms. The number of rotatable bonds is 4. The summed E-state index contributed by atoms with van der Waals surface area (Å²) >= 11 is 4.84. The van der Waals surface area contributed by atoms with Gasteiger partial charge >= 0.3 is 0 Å². The third-order valence-corrected chi connectivity index (χ3v) is 6.06. The van der Waals surface area contributed by atoms with E-state index in [4.69, 9.17) is 4.74 Å². The van der Waals surface area contributed by atoms with Crippen molar-refractivity contribution < 1.29 is 13.2 Å². The van der Waals surface area contributed by atoms with E-state index in [9.17, 15) is 8.42 Å². The predicted molar refractivity (Wildman–Crippen MR) is 108 cm³/mol. The largest absolute Gasteiger partial charge is 0.495 e. The van der Waals surface area contributed by atoms with Gasteiger partial charge in [0.25, 0.3) is 10.0 Å². The van der Waals surface area contributed by atoms with Crippen molar-refractivity contribution in [3.8, 4) is 17.6 Å². The Morgan fingerprint density at radius 2 is 1.92 bits per heavy atom. The summed E-state index contributed by atoms with van der Waals surface area (Å²) in [5, 5.41) is 1.96. The van der Waals surface area contributed by atoms with Crippen LogP contribution in [0.15, 0.2) is 69.3 Å². The lowest BCUT2D eigenvalue weighted by Gasteiger charge is -2.12. The number of ether oxygens (including phenoxy) is 1. The molecule has 0 spiro atoms. The number of hydrogen-bond donors (Lipinski definition) is 1. The minimum Gasteiger partial charge on any atom is -0.495 e. The van der Waals surface area contributed by atoms with E-state index in [-0.39, 0.29) is 10.6 Å². The van der Waals surface area contributed by atoms with Crippen molar-refractivity contribution in [3.63, 3.8) is 0 Å². The van der Waals surface area contributed by atoms with Gasteiger partial charge in [0.1, 0.15) is 10.6 Å². The molecule has 0 amide bonds. The molecule has 1 heterocycles. The third-order valence-electron chi connectivity index (χ3n) is 3.38. The van der Waals surface area contributed by atoms with E-state index in [1.54, 1.807) is 41.7 Å². The highest BCUT2D eigenvalue weighted by molar-refractivity contribution is 9.10. The summed E-state index contributed by atoms with van der Waals surface area (Å²) in [5.74, 6) is 6.36. The van der Waals surface area contributed by atoms with E-state index in [1.807, 2.05) is 23.6 Å². The summed E-state index contributed by atoms with van der Waals surface area (Å²) in [6.45, 7) is 0. The molecule has 0 saturated heterocycles. The lowest BCUT2D eigenvalue weighted by atomic mass is 10.2. The maximum atomic E-state index is 12.7. The number of nitrogens with one attached hydrogen (secondary N) is 1. The summed E-state index contributed by atoms with van der Waals surface area (Å²) in [6, 6.07) is 15.7. The lowest BCUT2D eigenvalue weighted by molar-refractivity contribution is 0.403. The van der Waals surface area contributed by atoms with Crippen molar-refractivity contribution in [2.45, 2.75) is 4.90 Å². The fraction of sp³-hybridized carbons (Fsp3) is 0.0526. The van der Waals surface area contributed by atoms with Crippen LogP contribution >= 0.6 is 27.3 Å². The minimum atomic E-state index is -3.80. The van der Waals surface area contributed by atoms with Crippen LogP contribution in [0.25, 0.3) is 0 Å². The molecule has 0 fully saturated rings. The molecule has 3 aromatic rings. The monoisotopic (exact) mass is 447 g/mol. The van der Waals surface area contributed by atoms with Crippen LogP contribution < -0.4 is 9.46 Å². The molecule has 3 rings (SSSR count). The van der Waals surface area contributed by atoms with Crippen molar-refractivity contribution >= 4 is 43.0 Å². The van der Waals surface area contributed by atoms with Crippen LogP contribution in [0, 0.1) is 11.8 Å². The molecule has 0 atom stereocenters. The van der Waals surface area contributed by atoms with Crippen molar-refractivity contribution in [2.75, 3.05) is 11.8 Å². The van der Waals surface area contributed by atoms with Gasteiger partial charge in [-0.1, -0.05) is 39.9 Å². The first-order valence-corrected chi connectivity index (χ1v) is 10.7. The van der Waals surface area contributed by atoms with Crippen LogP contribution in [0.5, 0.6) is 5.75 Å². The first kappa shape index (κ1) is 18.5. The second kappa shape index (κ2) is 7.96. The van der Waals surface area contributed by atoms with Gasteiger partial charge in [-0.15, -0.1) is 11.3 Å². The van der Waals surface area contributed by atoms with Gasteiger partial charge in [-0.25, -0.2) is 8.42 Å². The van der Waals surface area contributed by atoms with Crippen LogP contribution in [0.3, 0.4) is 0 Å². The van der Waals surface area contributed by atoms with E-state index in [0.717, 1.165) is 10.4 Å². The number of methoxy groups -OCH3 is 1. The molecule has 1 N–H and O–H groups in total. The smallest absolute Gasteiger partial charge is 0.265 e. The first-order chi connectivity index (χ1) is 12.5. The average Bonchev–Trinajstić information content (AvgIpc) is 3.13. The SMILES string of the molecule is COc1ccc(Br)cc1S(=O)(=O)Nc1cccc(C#Cc2cccs2)c1. The fourth-order valence-corrected chi connectivity index (χ4v) is 4.54. The lowest BCUT2D eigenvalue weighted by Crippen LogP contribution is -2.14. The molecule has 2 aromatic carbocycles. The zero-order valence-electron chi connectivity index (χ0n) is 13.7. The Morgan fingerprint density at radius 3 is 2.65 bits per heavy atom. The van der Waals surface area contributed by atoms with Gasteiger partial charge in [0.2, 0.25) is 0 Å². The Balaban J connectivity index is 1.89. The third kappa shape index (κ3) is 4.47. The van der Waals surface area contributed by atoms with E-state index in [2.05, 4.69) is 32.5 Å². The number of hydrogen-bond acceptors (Lipinski definition) is 4. The summed E-state index contributed by atoms with van der Waals surface area (Å²) in [6.07, 6.45) is 0. The molecule has 132 valence electrons. The molecule has 0 radical (unpaired) electrons. The van der Waals surface area contributed by atoms with Gasteiger partial charge in [0.05, 0.1) is 17.7 Å². The molecule has 0 aliphatic carbocycles.